The maximum absolute atomic E-state index is 14.0. The third-order valence-corrected chi connectivity index (χ3v) is 9.47. The smallest absolute Gasteiger partial charge is 0.247 e. The number of unbranched alkanes of at least 4 members (excludes halogenated alkanes) is 1. The van der Waals surface area contributed by atoms with Crippen molar-refractivity contribution in [2.45, 2.75) is 75.0 Å². The number of hydrogen-bond acceptors (Lipinski definition) is 5. The molecular weight excluding hydrogens is 450 g/mol. The number of hydrogen-bond donors (Lipinski definition) is 1. The van der Waals surface area contributed by atoms with Crippen molar-refractivity contribution in [3.63, 3.8) is 0 Å². The molecule has 3 saturated heterocycles. The van der Waals surface area contributed by atoms with Crippen LogP contribution < -0.4 is 0 Å². The molecule has 8 heteroatoms. The topological polar surface area (TPSA) is 81.2 Å². The Morgan fingerprint density at radius 2 is 1.94 bits per heavy atom. The number of likely N-dealkylation sites (tertiary alicyclic amines) is 1. The number of carbonyl (C=O) groups is 3. The van der Waals surface area contributed by atoms with Gasteiger partial charge < -0.3 is 19.8 Å². The fourth-order valence-corrected chi connectivity index (χ4v) is 8.33. The van der Waals surface area contributed by atoms with Crippen molar-refractivity contribution in [1.82, 2.24) is 14.7 Å². The van der Waals surface area contributed by atoms with E-state index in [1.807, 2.05) is 25.7 Å². The van der Waals surface area contributed by atoms with Gasteiger partial charge in [-0.3, -0.25) is 14.4 Å². The number of nitrogens with zero attached hydrogens (tertiary/aromatic N) is 3. The summed E-state index contributed by atoms with van der Waals surface area (Å²) >= 11 is 1.71. The Morgan fingerprint density at radius 3 is 2.53 bits per heavy atom. The van der Waals surface area contributed by atoms with Crippen LogP contribution >= 0.6 is 11.8 Å². The van der Waals surface area contributed by atoms with Crippen LogP contribution in [-0.4, -0.2) is 92.4 Å². The summed E-state index contributed by atoms with van der Waals surface area (Å²) in [6, 6.07) is -0.609. The van der Waals surface area contributed by atoms with Crippen LogP contribution in [0.3, 0.4) is 0 Å². The van der Waals surface area contributed by atoms with Gasteiger partial charge in [0.05, 0.1) is 16.6 Å². The van der Waals surface area contributed by atoms with E-state index in [-0.39, 0.29) is 35.6 Å². The van der Waals surface area contributed by atoms with Crippen molar-refractivity contribution in [1.29, 1.82) is 0 Å². The Morgan fingerprint density at radius 1 is 1.24 bits per heavy atom. The molecule has 5 atom stereocenters. The van der Waals surface area contributed by atoms with Crippen LogP contribution in [0.1, 0.15) is 52.9 Å². The third-order valence-electron chi connectivity index (χ3n) is 7.51. The number of aliphatic hydroxyl groups is 1. The first-order valence-electron chi connectivity index (χ1n) is 12.7. The average molecular weight is 492 g/mol. The number of aliphatic hydroxyl groups excluding tert-OH is 1. The van der Waals surface area contributed by atoms with Gasteiger partial charge in [0.25, 0.3) is 0 Å². The Bertz CT molecular complexity index is 803. The molecule has 0 aromatic rings. The van der Waals surface area contributed by atoms with E-state index >= 15 is 0 Å². The van der Waals surface area contributed by atoms with Crippen molar-refractivity contribution in [2.75, 3.05) is 32.8 Å². The second-order valence-electron chi connectivity index (χ2n) is 9.96. The van der Waals surface area contributed by atoms with Gasteiger partial charge in [-0.1, -0.05) is 19.1 Å². The molecule has 3 heterocycles. The van der Waals surface area contributed by atoms with Gasteiger partial charge in [-0.05, 0) is 46.0 Å². The molecule has 7 nitrogen and oxygen atoms in total. The second kappa shape index (κ2) is 11.3. The highest BCUT2D eigenvalue weighted by Crippen LogP contribution is 2.66. The number of carbonyl (C=O) groups excluding carboxylic acids is 3. The summed E-state index contributed by atoms with van der Waals surface area (Å²) in [6.07, 6.45) is 7.12. The lowest BCUT2D eigenvalue weighted by Gasteiger charge is -2.38. The van der Waals surface area contributed by atoms with E-state index in [1.165, 1.54) is 0 Å². The van der Waals surface area contributed by atoms with Crippen molar-refractivity contribution < 1.29 is 19.5 Å². The van der Waals surface area contributed by atoms with Gasteiger partial charge in [0.2, 0.25) is 17.7 Å². The van der Waals surface area contributed by atoms with Crippen LogP contribution in [0.5, 0.6) is 0 Å². The predicted octanol–water partition coefficient (Wildman–Crippen LogP) is 2.70. The van der Waals surface area contributed by atoms with E-state index in [2.05, 4.69) is 13.2 Å². The molecule has 0 saturated carbocycles. The average Bonchev–Trinajstić information content (AvgIpc) is 3.44. The quantitative estimate of drug-likeness (QED) is 0.317. The van der Waals surface area contributed by atoms with Gasteiger partial charge in [-0.2, -0.15) is 0 Å². The van der Waals surface area contributed by atoms with E-state index in [1.54, 1.807) is 33.7 Å². The summed E-state index contributed by atoms with van der Waals surface area (Å²) < 4.78 is -0.571. The Balaban J connectivity index is 2.01. The highest BCUT2D eigenvalue weighted by molar-refractivity contribution is 8.02. The first-order valence-corrected chi connectivity index (χ1v) is 13.6. The number of thioether (sulfide) groups is 1. The van der Waals surface area contributed by atoms with Crippen LogP contribution in [0.2, 0.25) is 0 Å². The van der Waals surface area contributed by atoms with Gasteiger partial charge in [0.1, 0.15) is 6.04 Å². The monoisotopic (exact) mass is 491 g/mol. The van der Waals surface area contributed by atoms with Gasteiger partial charge in [0.15, 0.2) is 0 Å². The fraction of sp³-hybridized carbons (Fsp3) is 0.731. The van der Waals surface area contributed by atoms with Gasteiger partial charge in [-0.15, -0.1) is 24.9 Å². The van der Waals surface area contributed by atoms with E-state index in [4.69, 9.17) is 0 Å². The molecule has 3 amide bonds. The van der Waals surface area contributed by atoms with E-state index < -0.39 is 22.6 Å². The highest BCUT2D eigenvalue weighted by atomic mass is 32.2. The first-order chi connectivity index (χ1) is 16.3. The Hall–Kier alpha value is -1.80. The lowest BCUT2D eigenvalue weighted by atomic mass is 9.70. The zero-order valence-corrected chi connectivity index (χ0v) is 21.8. The lowest BCUT2D eigenvalue weighted by molar-refractivity contribution is -0.145. The molecule has 190 valence electrons. The molecule has 2 bridgehead atoms. The van der Waals surface area contributed by atoms with Crippen LogP contribution in [0.4, 0.5) is 0 Å². The minimum absolute atomic E-state index is 0.0226. The van der Waals surface area contributed by atoms with Gasteiger partial charge in [-0.25, -0.2) is 0 Å². The van der Waals surface area contributed by atoms with Crippen LogP contribution in [0.25, 0.3) is 0 Å². The molecule has 3 rings (SSSR count). The summed E-state index contributed by atoms with van der Waals surface area (Å²) in [4.78, 5) is 47.1. The Labute approximate surface area is 208 Å². The van der Waals surface area contributed by atoms with Gasteiger partial charge in [0, 0.05) is 44.1 Å². The number of amides is 3. The normalized spacial score (nSPS) is 29.4. The van der Waals surface area contributed by atoms with E-state index in [0.717, 1.165) is 19.3 Å². The summed E-state index contributed by atoms with van der Waals surface area (Å²) in [5.41, 5.74) is 0. The maximum Gasteiger partial charge on any atom is 0.247 e. The van der Waals surface area contributed by atoms with Crippen molar-refractivity contribution >= 4 is 29.5 Å². The number of fused-ring (bicyclic) bond motifs is 1. The molecule has 1 spiro atoms. The molecular formula is C26H41N3O4S. The molecule has 0 aliphatic carbocycles. The fourth-order valence-electron chi connectivity index (χ4n) is 6.13. The summed E-state index contributed by atoms with van der Waals surface area (Å²) in [5.74, 6) is -0.972. The van der Waals surface area contributed by atoms with E-state index in [0.29, 0.717) is 39.0 Å². The molecule has 0 aromatic heterocycles. The van der Waals surface area contributed by atoms with Crippen LogP contribution in [-0.2, 0) is 14.4 Å². The summed E-state index contributed by atoms with van der Waals surface area (Å²) in [6.45, 7) is 15.6. The molecule has 34 heavy (non-hydrogen) atoms. The number of rotatable bonds is 13. The maximum atomic E-state index is 14.0. The zero-order valence-electron chi connectivity index (χ0n) is 20.9. The SMILES string of the molecule is C=CCN(CCC)C(=O)[C@@H]1[C@H]2C(=O)N(CCCCO)C(C(=O)N(CC=C)C(C)C)C23CC[C@H]1S3. The zero-order chi connectivity index (χ0) is 25.0. The molecule has 3 aliphatic heterocycles. The third kappa shape index (κ3) is 4.55. The molecule has 3 fully saturated rings. The van der Waals surface area contributed by atoms with Crippen molar-refractivity contribution in [3.05, 3.63) is 25.3 Å². The van der Waals surface area contributed by atoms with Crippen molar-refractivity contribution in [2.24, 2.45) is 11.8 Å². The molecule has 1 N–H and O–H groups in total. The van der Waals surface area contributed by atoms with Gasteiger partial charge >= 0.3 is 0 Å². The minimum Gasteiger partial charge on any atom is -0.396 e. The summed E-state index contributed by atoms with van der Waals surface area (Å²) in [5, 5.41) is 9.36. The summed E-state index contributed by atoms with van der Waals surface area (Å²) in [7, 11) is 0. The van der Waals surface area contributed by atoms with Crippen LogP contribution in [0.15, 0.2) is 25.3 Å². The van der Waals surface area contributed by atoms with Crippen molar-refractivity contribution in [3.8, 4) is 0 Å². The second-order valence-corrected chi connectivity index (χ2v) is 11.6. The van der Waals surface area contributed by atoms with E-state index in [9.17, 15) is 19.5 Å². The lowest BCUT2D eigenvalue weighted by Crippen LogP contribution is -2.56. The Kier molecular flexibility index (Phi) is 8.90. The van der Waals surface area contributed by atoms with Crippen LogP contribution in [0, 0.1) is 11.8 Å². The molecule has 2 unspecified atom stereocenters. The first kappa shape index (κ1) is 26.8. The predicted molar refractivity (Wildman–Crippen MR) is 136 cm³/mol. The largest absolute Gasteiger partial charge is 0.396 e. The minimum atomic E-state index is -0.585. The molecule has 3 aliphatic rings. The highest BCUT2D eigenvalue weighted by Gasteiger charge is 2.74. The standard InChI is InChI=1S/C26H41N3O4S/c1-6-13-27(14-7-2)23(31)20-19-11-12-26(34-19)21(20)24(32)29(16-9-10-17-30)22(26)25(33)28(15-8-3)18(4)5/h6,8,18-22,30H,1,3,7,9-17H2,2,4-5H3/t19-,20+,21+,22?,26?/m1/s1. The molecule has 0 aromatic carbocycles. The molecule has 0 radical (unpaired) electrons.